The molecule has 1 amide bonds. The number of carbonyl (C=O) groups excluding carboxylic acids is 1. The molecule has 0 fully saturated rings. The third kappa shape index (κ3) is 8.07. The van der Waals surface area contributed by atoms with Crippen molar-refractivity contribution >= 4 is 29.5 Å². The number of aliphatic carboxylic acids is 1. The van der Waals surface area contributed by atoms with Gasteiger partial charge in [-0.05, 0) is 54.8 Å². The Hall–Kier alpha value is -3.95. The number of thioether (sulfide) groups is 1. The number of rotatable bonds is 12. The standard InChI is InChI=1S/C27H27NO7S/c1-36-21-13-11-19(12-14-21)28-27(32)35-26(22-9-5-6-10-23(22)33-18-17-29)24(15-16-25(30)31)34-20-7-3-2-4-8-20/h2-16,24,26,29H,17-18H2,1H3,(H,28,32)(H,30,31)/b16-15+/t24-,26-/m0/s1. The Morgan fingerprint density at radius 3 is 2.36 bits per heavy atom. The maximum atomic E-state index is 13.0. The summed E-state index contributed by atoms with van der Waals surface area (Å²) in [6, 6.07) is 22.8. The van der Waals surface area contributed by atoms with Crippen LogP contribution in [0.5, 0.6) is 11.5 Å². The monoisotopic (exact) mass is 509 g/mol. The van der Waals surface area contributed by atoms with E-state index < -0.39 is 24.3 Å². The van der Waals surface area contributed by atoms with Crippen LogP contribution in [-0.4, -0.2) is 47.8 Å². The Bertz CT molecular complexity index is 1150. The Kier molecular flexibility index (Phi) is 10.2. The van der Waals surface area contributed by atoms with E-state index in [9.17, 15) is 19.8 Å². The smallest absolute Gasteiger partial charge is 0.412 e. The first-order valence-corrected chi connectivity index (χ1v) is 12.3. The third-order valence-electron chi connectivity index (χ3n) is 4.89. The number of anilines is 1. The van der Waals surface area contributed by atoms with E-state index in [1.165, 1.54) is 6.08 Å². The van der Waals surface area contributed by atoms with Gasteiger partial charge >= 0.3 is 12.1 Å². The van der Waals surface area contributed by atoms with Gasteiger partial charge in [0.15, 0.2) is 12.2 Å². The minimum absolute atomic E-state index is 0.0207. The van der Waals surface area contributed by atoms with Crippen LogP contribution in [0.15, 0.2) is 95.9 Å². The lowest BCUT2D eigenvalue weighted by Crippen LogP contribution is -2.30. The summed E-state index contributed by atoms with van der Waals surface area (Å²) in [5.74, 6) is -0.370. The van der Waals surface area contributed by atoms with E-state index >= 15 is 0 Å². The summed E-state index contributed by atoms with van der Waals surface area (Å²) < 4.78 is 17.5. The molecule has 0 heterocycles. The van der Waals surface area contributed by atoms with Crippen molar-refractivity contribution < 1.29 is 34.0 Å². The van der Waals surface area contributed by atoms with Gasteiger partial charge in [-0.1, -0.05) is 36.4 Å². The highest BCUT2D eigenvalue weighted by molar-refractivity contribution is 7.98. The fraction of sp³-hybridized carbons (Fsp3) is 0.185. The topological polar surface area (TPSA) is 114 Å². The minimum atomic E-state index is -1.18. The molecule has 0 aliphatic carbocycles. The zero-order valence-electron chi connectivity index (χ0n) is 19.6. The molecule has 9 heteroatoms. The van der Waals surface area contributed by atoms with E-state index in [-0.39, 0.29) is 13.2 Å². The van der Waals surface area contributed by atoms with E-state index in [0.717, 1.165) is 11.0 Å². The van der Waals surface area contributed by atoms with Gasteiger partial charge < -0.3 is 24.4 Å². The Labute approximate surface area is 213 Å². The van der Waals surface area contributed by atoms with Crippen LogP contribution in [0.25, 0.3) is 0 Å². The zero-order valence-corrected chi connectivity index (χ0v) is 20.4. The number of aliphatic hydroxyl groups is 1. The van der Waals surface area contributed by atoms with Gasteiger partial charge in [-0.25, -0.2) is 9.59 Å². The average Bonchev–Trinajstić information content (AvgIpc) is 2.90. The number of amides is 1. The van der Waals surface area contributed by atoms with Crippen molar-refractivity contribution in [1.29, 1.82) is 0 Å². The number of hydrogen-bond acceptors (Lipinski definition) is 7. The molecule has 3 aromatic rings. The molecular formula is C27H27NO7S. The maximum absolute atomic E-state index is 13.0. The molecule has 0 saturated heterocycles. The molecule has 8 nitrogen and oxygen atoms in total. The van der Waals surface area contributed by atoms with Crippen LogP contribution in [0.2, 0.25) is 0 Å². The SMILES string of the molecule is CSc1ccc(NC(=O)O[C@@H](c2ccccc2OCCO)[C@H](/C=C/C(=O)O)Oc2ccccc2)cc1. The Morgan fingerprint density at radius 1 is 1.00 bits per heavy atom. The average molecular weight is 510 g/mol. The Morgan fingerprint density at radius 2 is 1.69 bits per heavy atom. The van der Waals surface area contributed by atoms with Crippen molar-refractivity contribution in [3.63, 3.8) is 0 Å². The van der Waals surface area contributed by atoms with Crippen LogP contribution in [0.4, 0.5) is 10.5 Å². The van der Waals surface area contributed by atoms with Crippen LogP contribution in [0.3, 0.4) is 0 Å². The van der Waals surface area contributed by atoms with Crippen LogP contribution >= 0.6 is 11.8 Å². The van der Waals surface area contributed by atoms with Gasteiger partial charge in [-0.3, -0.25) is 5.32 Å². The summed E-state index contributed by atoms with van der Waals surface area (Å²) in [5, 5.41) is 21.2. The molecular weight excluding hydrogens is 482 g/mol. The van der Waals surface area contributed by atoms with Crippen LogP contribution in [-0.2, 0) is 9.53 Å². The molecule has 0 unspecified atom stereocenters. The highest BCUT2D eigenvalue weighted by Crippen LogP contribution is 2.33. The quantitative estimate of drug-likeness (QED) is 0.227. The third-order valence-corrected chi connectivity index (χ3v) is 5.63. The van der Waals surface area contributed by atoms with Gasteiger partial charge in [0.2, 0.25) is 0 Å². The summed E-state index contributed by atoms with van der Waals surface area (Å²) in [5.41, 5.74) is 0.970. The predicted octanol–water partition coefficient (Wildman–Crippen LogP) is 5.16. The maximum Gasteiger partial charge on any atom is 0.412 e. The Balaban J connectivity index is 1.96. The van der Waals surface area contributed by atoms with Crippen molar-refractivity contribution in [3.05, 3.63) is 96.6 Å². The van der Waals surface area contributed by atoms with Gasteiger partial charge in [0.25, 0.3) is 0 Å². The fourth-order valence-electron chi connectivity index (χ4n) is 3.28. The molecule has 188 valence electrons. The molecule has 0 saturated carbocycles. The van der Waals surface area contributed by atoms with Crippen LogP contribution in [0, 0.1) is 0 Å². The highest BCUT2D eigenvalue weighted by atomic mass is 32.2. The number of benzene rings is 3. The second kappa shape index (κ2) is 13.8. The van der Waals surface area contributed by atoms with Gasteiger partial charge in [-0.15, -0.1) is 11.8 Å². The van der Waals surface area contributed by atoms with Crippen molar-refractivity contribution in [1.82, 2.24) is 0 Å². The number of aliphatic hydroxyl groups excluding tert-OH is 1. The van der Waals surface area contributed by atoms with E-state index in [0.29, 0.717) is 22.7 Å². The first-order chi connectivity index (χ1) is 17.5. The molecule has 0 radical (unpaired) electrons. The summed E-state index contributed by atoms with van der Waals surface area (Å²) >= 11 is 1.58. The number of carboxylic acids is 1. The molecule has 0 bridgehead atoms. The lowest BCUT2D eigenvalue weighted by molar-refractivity contribution is -0.131. The second-order valence-electron chi connectivity index (χ2n) is 7.38. The van der Waals surface area contributed by atoms with Crippen LogP contribution in [0.1, 0.15) is 11.7 Å². The first kappa shape index (κ1) is 26.7. The molecule has 36 heavy (non-hydrogen) atoms. The largest absolute Gasteiger partial charge is 0.491 e. The molecule has 3 N–H and O–H groups in total. The number of nitrogens with one attached hydrogen (secondary N) is 1. The van der Waals surface area contributed by atoms with E-state index in [1.54, 1.807) is 72.4 Å². The van der Waals surface area contributed by atoms with Crippen molar-refractivity contribution in [2.45, 2.75) is 17.1 Å². The minimum Gasteiger partial charge on any atom is -0.491 e. The van der Waals surface area contributed by atoms with Gasteiger partial charge in [0.05, 0.1) is 6.61 Å². The number of ether oxygens (including phenoxy) is 3. The van der Waals surface area contributed by atoms with Gasteiger partial charge in [0.1, 0.15) is 18.1 Å². The first-order valence-electron chi connectivity index (χ1n) is 11.1. The second-order valence-corrected chi connectivity index (χ2v) is 8.26. The highest BCUT2D eigenvalue weighted by Gasteiger charge is 2.30. The molecule has 0 spiro atoms. The van der Waals surface area contributed by atoms with Crippen molar-refractivity contribution in [2.24, 2.45) is 0 Å². The molecule has 0 aromatic heterocycles. The van der Waals surface area contributed by atoms with Crippen LogP contribution < -0.4 is 14.8 Å². The summed E-state index contributed by atoms with van der Waals surface area (Å²) in [7, 11) is 0. The number of carbonyl (C=O) groups is 2. The number of para-hydroxylation sites is 2. The van der Waals surface area contributed by atoms with Gasteiger partial charge in [-0.2, -0.15) is 0 Å². The summed E-state index contributed by atoms with van der Waals surface area (Å²) in [6.07, 6.45) is 1.31. The molecule has 3 rings (SSSR count). The summed E-state index contributed by atoms with van der Waals surface area (Å²) in [4.78, 5) is 25.3. The zero-order chi connectivity index (χ0) is 25.8. The predicted molar refractivity (Wildman–Crippen MR) is 138 cm³/mol. The van der Waals surface area contributed by atoms with E-state index in [4.69, 9.17) is 14.2 Å². The summed E-state index contributed by atoms with van der Waals surface area (Å²) in [6.45, 7) is -0.192. The molecule has 0 aliphatic heterocycles. The van der Waals surface area contributed by atoms with E-state index in [2.05, 4.69) is 5.32 Å². The normalized spacial score (nSPS) is 12.5. The van der Waals surface area contributed by atoms with Gasteiger partial charge in [0, 0.05) is 22.2 Å². The molecule has 0 aliphatic rings. The number of carboxylic acid groups (broad SMARTS) is 1. The van der Waals surface area contributed by atoms with Crippen molar-refractivity contribution in [3.8, 4) is 11.5 Å². The van der Waals surface area contributed by atoms with E-state index in [1.807, 2.05) is 24.5 Å². The lowest BCUT2D eigenvalue weighted by Gasteiger charge is -2.27. The fourth-order valence-corrected chi connectivity index (χ4v) is 3.69. The number of hydrogen-bond donors (Lipinski definition) is 3. The van der Waals surface area contributed by atoms with Crippen molar-refractivity contribution in [2.75, 3.05) is 24.8 Å². The molecule has 2 atom stereocenters. The molecule has 3 aromatic carbocycles. The lowest BCUT2D eigenvalue weighted by atomic mass is 10.0.